The van der Waals surface area contributed by atoms with Crippen LogP contribution in [0.5, 0.6) is 0 Å². The van der Waals surface area contributed by atoms with Gasteiger partial charge in [-0.25, -0.2) is 9.97 Å². The first-order valence-corrected chi connectivity index (χ1v) is 7.65. The van der Waals surface area contributed by atoms with Crippen LogP contribution in [0.25, 0.3) is 10.6 Å². The van der Waals surface area contributed by atoms with Crippen molar-refractivity contribution in [3.63, 3.8) is 0 Å². The minimum Gasteiger partial charge on any atom is -0.378 e. The molecule has 0 atom stereocenters. The fraction of sp³-hybridized carbons (Fsp3) is 0.500. The highest BCUT2D eigenvalue weighted by Crippen LogP contribution is 2.33. The molecule has 0 aliphatic heterocycles. The Hall–Kier alpha value is -0.980. The van der Waals surface area contributed by atoms with Gasteiger partial charge in [-0.2, -0.15) is 0 Å². The van der Waals surface area contributed by atoms with Crippen molar-refractivity contribution in [3.8, 4) is 10.6 Å². The van der Waals surface area contributed by atoms with Crippen LogP contribution in [0.15, 0.2) is 5.38 Å². The fourth-order valence-corrected chi connectivity index (χ4v) is 3.41. The van der Waals surface area contributed by atoms with E-state index < -0.39 is 0 Å². The molecule has 1 N–H and O–H groups in total. The maximum atomic E-state index is 5.21. The minimum atomic E-state index is 0.542. The fourth-order valence-electron chi connectivity index (χ4n) is 1.60. The molecule has 0 spiro atoms. The predicted octanol–water partition coefficient (Wildman–Crippen LogP) is 3.41. The molecule has 4 nitrogen and oxygen atoms in total. The van der Waals surface area contributed by atoms with Crippen molar-refractivity contribution < 1.29 is 4.74 Å². The van der Waals surface area contributed by atoms with Crippen LogP contribution >= 0.6 is 22.7 Å². The lowest BCUT2D eigenvalue weighted by molar-refractivity contribution is 0.182. The molecule has 0 amide bonds. The van der Waals surface area contributed by atoms with Crippen molar-refractivity contribution >= 4 is 27.8 Å². The molecule has 2 rings (SSSR count). The van der Waals surface area contributed by atoms with E-state index >= 15 is 0 Å². The van der Waals surface area contributed by atoms with Gasteiger partial charge in [-0.15, -0.1) is 22.7 Å². The molecule has 0 radical (unpaired) electrons. The monoisotopic (exact) mass is 283 g/mol. The number of hydrogen-bond acceptors (Lipinski definition) is 6. The van der Waals surface area contributed by atoms with Crippen LogP contribution in [-0.4, -0.2) is 23.6 Å². The number of nitrogens with zero attached hydrogens (tertiary/aromatic N) is 2. The molecule has 98 valence electrons. The molecule has 18 heavy (non-hydrogen) atoms. The first-order chi connectivity index (χ1) is 8.78. The van der Waals surface area contributed by atoms with Crippen molar-refractivity contribution in [3.05, 3.63) is 16.1 Å². The summed E-state index contributed by atoms with van der Waals surface area (Å²) in [5.74, 6) is 0. The number of aromatic nitrogens is 2. The summed E-state index contributed by atoms with van der Waals surface area (Å²) >= 11 is 3.34. The Morgan fingerprint density at radius 3 is 2.83 bits per heavy atom. The van der Waals surface area contributed by atoms with Gasteiger partial charge in [-0.3, -0.25) is 0 Å². The standard InChI is InChI=1S/C12H17N3OS2/c1-4-10-14-8(6-16-3)11(18-10)9-7-17-12(15-9)13-5-2/h7H,4-6H2,1-3H3,(H,13,15). The van der Waals surface area contributed by atoms with E-state index in [2.05, 4.69) is 34.5 Å². The molecule has 0 aliphatic rings. The summed E-state index contributed by atoms with van der Waals surface area (Å²) in [7, 11) is 1.69. The smallest absolute Gasteiger partial charge is 0.183 e. The Bertz CT molecular complexity index is 507. The molecular formula is C12H17N3OS2. The Labute approximate surface area is 115 Å². The first-order valence-electron chi connectivity index (χ1n) is 5.95. The largest absolute Gasteiger partial charge is 0.378 e. The molecule has 0 saturated heterocycles. The number of methoxy groups -OCH3 is 1. The van der Waals surface area contributed by atoms with Gasteiger partial charge in [0.2, 0.25) is 0 Å². The molecule has 2 heterocycles. The van der Waals surface area contributed by atoms with E-state index in [4.69, 9.17) is 4.74 Å². The SMILES string of the molecule is CCNc1nc(-c2sc(CC)nc2COC)cs1. The summed E-state index contributed by atoms with van der Waals surface area (Å²) in [5.41, 5.74) is 1.99. The molecule has 0 bridgehead atoms. The van der Waals surface area contributed by atoms with E-state index in [0.717, 1.165) is 39.4 Å². The Morgan fingerprint density at radius 1 is 1.33 bits per heavy atom. The van der Waals surface area contributed by atoms with E-state index in [9.17, 15) is 0 Å². The van der Waals surface area contributed by atoms with Crippen molar-refractivity contribution in [1.82, 2.24) is 9.97 Å². The van der Waals surface area contributed by atoms with Gasteiger partial charge in [-0.05, 0) is 13.3 Å². The topological polar surface area (TPSA) is 47.0 Å². The van der Waals surface area contributed by atoms with Crippen molar-refractivity contribution in [2.75, 3.05) is 19.0 Å². The van der Waals surface area contributed by atoms with Crippen LogP contribution < -0.4 is 5.32 Å². The zero-order valence-electron chi connectivity index (χ0n) is 10.8. The quantitative estimate of drug-likeness (QED) is 0.882. The van der Waals surface area contributed by atoms with E-state index in [1.807, 2.05) is 0 Å². The summed E-state index contributed by atoms with van der Waals surface area (Å²) in [6, 6.07) is 0. The van der Waals surface area contributed by atoms with Crippen LogP contribution in [0, 0.1) is 0 Å². The number of ether oxygens (including phenoxy) is 1. The second-order valence-corrected chi connectivity index (χ2v) is 5.68. The van der Waals surface area contributed by atoms with Gasteiger partial charge in [0.25, 0.3) is 0 Å². The third kappa shape index (κ3) is 2.88. The maximum Gasteiger partial charge on any atom is 0.183 e. The first kappa shape index (κ1) is 13.5. The zero-order chi connectivity index (χ0) is 13.0. The summed E-state index contributed by atoms with van der Waals surface area (Å²) < 4.78 is 5.21. The van der Waals surface area contributed by atoms with Gasteiger partial charge in [0.1, 0.15) is 0 Å². The second kappa shape index (κ2) is 6.26. The highest BCUT2D eigenvalue weighted by Gasteiger charge is 2.15. The van der Waals surface area contributed by atoms with E-state index in [1.54, 1.807) is 29.8 Å². The van der Waals surface area contributed by atoms with E-state index in [-0.39, 0.29) is 0 Å². The van der Waals surface area contributed by atoms with Gasteiger partial charge >= 0.3 is 0 Å². The Kier molecular flexibility index (Phi) is 4.68. The highest BCUT2D eigenvalue weighted by molar-refractivity contribution is 7.16. The predicted molar refractivity (Wildman–Crippen MR) is 77.5 cm³/mol. The molecule has 0 aromatic carbocycles. The highest BCUT2D eigenvalue weighted by atomic mass is 32.1. The third-order valence-electron chi connectivity index (χ3n) is 2.39. The van der Waals surface area contributed by atoms with Crippen LogP contribution in [0.2, 0.25) is 0 Å². The maximum absolute atomic E-state index is 5.21. The summed E-state index contributed by atoms with van der Waals surface area (Å²) in [4.78, 5) is 10.3. The molecule has 2 aromatic rings. The van der Waals surface area contributed by atoms with Gasteiger partial charge in [0, 0.05) is 19.0 Å². The van der Waals surface area contributed by atoms with Crippen molar-refractivity contribution in [1.29, 1.82) is 0 Å². The van der Waals surface area contributed by atoms with Gasteiger partial charge < -0.3 is 10.1 Å². The Balaban J connectivity index is 2.31. The van der Waals surface area contributed by atoms with Crippen LogP contribution in [0.1, 0.15) is 24.5 Å². The summed E-state index contributed by atoms with van der Waals surface area (Å²) in [5, 5.41) is 7.40. The molecule has 0 fully saturated rings. The average Bonchev–Trinajstić information content (AvgIpc) is 2.96. The summed E-state index contributed by atoms with van der Waals surface area (Å²) in [6.45, 7) is 5.62. The lowest BCUT2D eigenvalue weighted by Crippen LogP contribution is -1.95. The van der Waals surface area contributed by atoms with Crippen molar-refractivity contribution in [2.45, 2.75) is 26.9 Å². The number of hydrogen-bond donors (Lipinski definition) is 1. The van der Waals surface area contributed by atoms with Crippen LogP contribution in [-0.2, 0) is 17.8 Å². The average molecular weight is 283 g/mol. The lowest BCUT2D eigenvalue weighted by atomic mass is 10.3. The van der Waals surface area contributed by atoms with Crippen LogP contribution in [0.3, 0.4) is 0 Å². The van der Waals surface area contributed by atoms with Crippen LogP contribution in [0.4, 0.5) is 5.13 Å². The van der Waals surface area contributed by atoms with Gasteiger partial charge in [0.15, 0.2) is 5.13 Å². The molecule has 0 saturated carbocycles. The molecular weight excluding hydrogens is 266 g/mol. The molecule has 0 unspecified atom stereocenters. The normalized spacial score (nSPS) is 10.8. The van der Waals surface area contributed by atoms with E-state index in [1.165, 1.54) is 0 Å². The second-order valence-electron chi connectivity index (χ2n) is 3.74. The number of anilines is 1. The lowest BCUT2D eigenvalue weighted by Gasteiger charge is -1.98. The molecule has 0 aliphatic carbocycles. The molecule has 6 heteroatoms. The van der Waals surface area contributed by atoms with E-state index in [0.29, 0.717) is 6.61 Å². The zero-order valence-corrected chi connectivity index (χ0v) is 12.5. The molecule has 2 aromatic heterocycles. The minimum absolute atomic E-state index is 0.542. The summed E-state index contributed by atoms with van der Waals surface area (Å²) in [6.07, 6.45) is 0.950. The number of rotatable bonds is 6. The third-order valence-corrected chi connectivity index (χ3v) is 4.45. The number of aryl methyl sites for hydroxylation is 1. The van der Waals surface area contributed by atoms with Crippen molar-refractivity contribution in [2.24, 2.45) is 0 Å². The number of nitrogens with one attached hydrogen (secondary N) is 1. The Morgan fingerprint density at radius 2 is 2.17 bits per heavy atom. The van der Waals surface area contributed by atoms with Gasteiger partial charge in [-0.1, -0.05) is 6.92 Å². The number of thiazole rings is 2. The van der Waals surface area contributed by atoms with Gasteiger partial charge in [0.05, 0.1) is 27.9 Å².